The van der Waals surface area contributed by atoms with Gasteiger partial charge in [0.2, 0.25) is 5.78 Å². The first-order valence-corrected chi connectivity index (χ1v) is 7.35. The average molecular weight is 295 g/mol. The Labute approximate surface area is 126 Å². The van der Waals surface area contributed by atoms with E-state index in [0.29, 0.717) is 11.3 Å². The second kappa shape index (κ2) is 5.89. The van der Waals surface area contributed by atoms with Gasteiger partial charge in [-0.1, -0.05) is 30.3 Å². The Morgan fingerprint density at radius 2 is 1.76 bits per heavy atom. The minimum absolute atomic E-state index is 0.0731. The minimum atomic E-state index is -0.0731. The highest BCUT2D eigenvalue weighted by molar-refractivity contribution is 7.13. The first-order chi connectivity index (χ1) is 10.3. The van der Waals surface area contributed by atoms with Gasteiger partial charge in [0.25, 0.3) is 0 Å². The van der Waals surface area contributed by atoms with Crippen LogP contribution in [-0.2, 0) is 0 Å². The summed E-state index contributed by atoms with van der Waals surface area (Å²) in [7, 11) is 1.60. The molecule has 0 atom stereocenters. The van der Waals surface area contributed by atoms with Crippen molar-refractivity contribution in [1.82, 2.24) is 4.98 Å². The molecule has 0 unspecified atom stereocenters. The molecular weight excluding hydrogens is 282 g/mol. The third-order valence-electron chi connectivity index (χ3n) is 3.11. The largest absolute Gasteiger partial charge is 0.497 e. The highest BCUT2D eigenvalue weighted by Crippen LogP contribution is 2.24. The number of rotatable bonds is 4. The quantitative estimate of drug-likeness (QED) is 0.682. The van der Waals surface area contributed by atoms with Crippen LogP contribution >= 0.6 is 11.3 Å². The van der Waals surface area contributed by atoms with E-state index in [1.54, 1.807) is 36.8 Å². The van der Waals surface area contributed by atoms with Crippen LogP contribution in [0.25, 0.3) is 10.6 Å². The summed E-state index contributed by atoms with van der Waals surface area (Å²) >= 11 is 1.48. The highest BCUT2D eigenvalue weighted by atomic mass is 32.1. The number of methoxy groups -OCH3 is 1. The van der Waals surface area contributed by atoms with Crippen molar-refractivity contribution in [2.75, 3.05) is 7.11 Å². The third-order valence-corrected chi connectivity index (χ3v) is 4.00. The van der Waals surface area contributed by atoms with E-state index < -0.39 is 0 Å². The predicted octanol–water partition coefficient (Wildman–Crippen LogP) is 4.05. The normalized spacial score (nSPS) is 10.3. The summed E-state index contributed by atoms with van der Waals surface area (Å²) in [5.41, 5.74) is 2.11. The number of thiazole rings is 1. The lowest BCUT2D eigenvalue weighted by molar-refractivity contribution is 0.103. The first kappa shape index (κ1) is 13.5. The SMILES string of the molecule is COc1ccc(C(=O)c2csc(-c3ccccc3)n2)cc1. The van der Waals surface area contributed by atoms with Crippen molar-refractivity contribution in [3.8, 4) is 16.3 Å². The maximum atomic E-state index is 12.4. The van der Waals surface area contributed by atoms with Gasteiger partial charge in [-0.3, -0.25) is 4.79 Å². The molecule has 1 heterocycles. The summed E-state index contributed by atoms with van der Waals surface area (Å²) in [6.45, 7) is 0. The summed E-state index contributed by atoms with van der Waals surface area (Å²) in [5.74, 6) is 0.658. The van der Waals surface area contributed by atoms with Gasteiger partial charge in [0.1, 0.15) is 16.5 Å². The van der Waals surface area contributed by atoms with Crippen molar-refractivity contribution >= 4 is 17.1 Å². The van der Waals surface area contributed by atoms with Crippen LogP contribution in [0.15, 0.2) is 60.0 Å². The Kier molecular flexibility index (Phi) is 3.79. The van der Waals surface area contributed by atoms with Crippen molar-refractivity contribution in [3.63, 3.8) is 0 Å². The highest BCUT2D eigenvalue weighted by Gasteiger charge is 2.14. The topological polar surface area (TPSA) is 39.2 Å². The van der Waals surface area contributed by atoms with E-state index in [-0.39, 0.29) is 5.78 Å². The molecule has 0 aliphatic heterocycles. The molecule has 3 aromatic rings. The lowest BCUT2D eigenvalue weighted by Crippen LogP contribution is -2.01. The van der Waals surface area contributed by atoms with Crippen molar-refractivity contribution in [2.45, 2.75) is 0 Å². The first-order valence-electron chi connectivity index (χ1n) is 6.47. The van der Waals surface area contributed by atoms with Gasteiger partial charge in [0, 0.05) is 16.5 Å². The number of hydrogen-bond donors (Lipinski definition) is 0. The van der Waals surface area contributed by atoms with Gasteiger partial charge in [-0.15, -0.1) is 11.3 Å². The van der Waals surface area contributed by atoms with Crippen LogP contribution in [0, 0.1) is 0 Å². The fourth-order valence-electron chi connectivity index (χ4n) is 1.98. The fourth-order valence-corrected chi connectivity index (χ4v) is 2.79. The summed E-state index contributed by atoms with van der Waals surface area (Å²) in [5, 5.41) is 2.65. The van der Waals surface area contributed by atoms with Crippen LogP contribution in [0.1, 0.15) is 16.1 Å². The van der Waals surface area contributed by atoms with Crippen molar-refractivity contribution in [1.29, 1.82) is 0 Å². The molecule has 0 radical (unpaired) electrons. The number of benzene rings is 2. The second-order valence-corrected chi connectivity index (χ2v) is 5.32. The smallest absolute Gasteiger partial charge is 0.212 e. The molecular formula is C17H13NO2S. The van der Waals surface area contributed by atoms with Crippen molar-refractivity contribution in [2.24, 2.45) is 0 Å². The van der Waals surface area contributed by atoms with E-state index in [1.807, 2.05) is 30.3 Å². The zero-order chi connectivity index (χ0) is 14.7. The Bertz CT molecular complexity index is 748. The Balaban J connectivity index is 1.87. The third kappa shape index (κ3) is 2.85. The maximum absolute atomic E-state index is 12.4. The molecule has 0 fully saturated rings. The van der Waals surface area contributed by atoms with Gasteiger partial charge >= 0.3 is 0 Å². The number of aromatic nitrogens is 1. The molecule has 3 nitrogen and oxygen atoms in total. The van der Waals surface area contributed by atoms with Gasteiger partial charge in [0.15, 0.2) is 0 Å². The Hall–Kier alpha value is -2.46. The van der Waals surface area contributed by atoms with E-state index in [0.717, 1.165) is 16.3 Å². The van der Waals surface area contributed by atoms with Gasteiger partial charge < -0.3 is 4.74 Å². The van der Waals surface area contributed by atoms with Crippen molar-refractivity contribution < 1.29 is 9.53 Å². The monoisotopic (exact) mass is 295 g/mol. The number of ketones is 1. The van der Waals surface area contributed by atoms with Crippen LogP contribution in [0.3, 0.4) is 0 Å². The van der Waals surface area contributed by atoms with E-state index in [2.05, 4.69) is 4.98 Å². The van der Waals surface area contributed by atoms with E-state index >= 15 is 0 Å². The molecule has 2 aromatic carbocycles. The van der Waals surface area contributed by atoms with Gasteiger partial charge in [-0.05, 0) is 24.3 Å². The summed E-state index contributed by atoms with van der Waals surface area (Å²) < 4.78 is 5.09. The van der Waals surface area contributed by atoms with Crippen LogP contribution < -0.4 is 4.74 Å². The minimum Gasteiger partial charge on any atom is -0.497 e. The van der Waals surface area contributed by atoms with E-state index in [4.69, 9.17) is 4.74 Å². The Morgan fingerprint density at radius 3 is 2.43 bits per heavy atom. The molecule has 0 aliphatic rings. The zero-order valence-electron chi connectivity index (χ0n) is 11.4. The molecule has 0 saturated carbocycles. The molecule has 4 heteroatoms. The number of hydrogen-bond acceptors (Lipinski definition) is 4. The lowest BCUT2D eigenvalue weighted by Gasteiger charge is -2.01. The van der Waals surface area contributed by atoms with E-state index in [9.17, 15) is 4.79 Å². The number of nitrogens with zero attached hydrogens (tertiary/aromatic N) is 1. The second-order valence-electron chi connectivity index (χ2n) is 4.46. The maximum Gasteiger partial charge on any atom is 0.212 e. The summed E-state index contributed by atoms with van der Waals surface area (Å²) in [6.07, 6.45) is 0. The van der Waals surface area contributed by atoms with Crippen LogP contribution in [0.5, 0.6) is 5.75 Å². The van der Waals surface area contributed by atoms with E-state index in [1.165, 1.54) is 11.3 Å². The number of ether oxygens (including phenoxy) is 1. The zero-order valence-corrected chi connectivity index (χ0v) is 12.3. The van der Waals surface area contributed by atoms with Gasteiger partial charge in [-0.2, -0.15) is 0 Å². The van der Waals surface area contributed by atoms with Gasteiger partial charge in [0.05, 0.1) is 7.11 Å². The molecule has 0 bridgehead atoms. The number of carbonyl (C=O) groups excluding carboxylic acids is 1. The molecule has 1 aromatic heterocycles. The fraction of sp³-hybridized carbons (Fsp3) is 0.0588. The predicted molar refractivity (Wildman–Crippen MR) is 84.0 cm³/mol. The van der Waals surface area contributed by atoms with Crippen LogP contribution in [0.4, 0.5) is 0 Å². The van der Waals surface area contributed by atoms with Gasteiger partial charge in [-0.25, -0.2) is 4.98 Å². The molecule has 0 spiro atoms. The lowest BCUT2D eigenvalue weighted by atomic mass is 10.1. The molecule has 0 N–H and O–H groups in total. The summed E-state index contributed by atoms with van der Waals surface area (Å²) in [4.78, 5) is 16.8. The molecule has 104 valence electrons. The molecule has 21 heavy (non-hydrogen) atoms. The molecule has 3 rings (SSSR count). The summed E-state index contributed by atoms with van der Waals surface area (Å²) in [6, 6.07) is 16.9. The van der Waals surface area contributed by atoms with Crippen LogP contribution in [-0.4, -0.2) is 17.9 Å². The average Bonchev–Trinajstić information content (AvgIpc) is 3.05. The Morgan fingerprint density at radius 1 is 1.05 bits per heavy atom. The standard InChI is InChI=1S/C17H13NO2S/c1-20-14-9-7-12(8-10-14)16(19)15-11-21-17(18-15)13-5-3-2-4-6-13/h2-11H,1H3. The molecule has 0 saturated heterocycles. The molecule has 0 amide bonds. The number of carbonyl (C=O) groups is 1. The molecule has 0 aliphatic carbocycles. The van der Waals surface area contributed by atoms with Crippen molar-refractivity contribution in [3.05, 3.63) is 71.2 Å². The van der Waals surface area contributed by atoms with Crippen LogP contribution in [0.2, 0.25) is 0 Å².